The van der Waals surface area contributed by atoms with Gasteiger partial charge in [-0.25, -0.2) is 9.78 Å². The normalized spacial score (nSPS) is 19.9. The molecule has 0 radical (unpaired) electrons. The maximum absolute atomic E-state index is 12.1. The van der Waals surface area contributed by atoms with Gasteiger partial charge in [0.25, 0.3) is 5.91 Å². The smallest absolute Gasteiger partial charge is 0.344 e. The van der Waals surface area contributed by atoms with Gasteiger partial charge < -0.3 is 10.6 Å². The molecule has 1 aliphatic rings. The molecule has 2 rings (SSSR count). The molecule has 0 aromatic carbocycles. The Labute approximate surface area is 153 Å². The van der Waals surface area contributed by atoms with E-state index in [-0.39, 0.29) is 23.0 Å². The Kier molecular flexibility index (Phi) is 7.05. The molecule has 1 aromatic heterocycles. The van der Waals surface area contributed by atoms with Crippen molar-refractivity contribution >= 4 is 40.9 Å². The second kappa shape index (κ2) is 9.04. The molecule has 1 aromatic rings. The van der Waals surface area contributed by atoms with Crippen molar-refractivity contribution in [2.24, 2.45) is 0 Å². The first-order valence-electron chi connectivity index (χ1n) is 7.37. The molecule has 9 nitrogen and oxygen atoms in total. The van der Waals surface area contributed by atoms with Gasteiger partial charge in [0.2, 0.25) is 0 Å². The fraction of sp³-hybridized carbons (Fsp3) is 0.500. The monoisotopic (exact) mass is 385 g/mol. The van der Waals surface area contributed by atoms with Crippen molar-refractivity contribution in [2.75, 3.05) is 19.4 Å². The maximum atomic E-state index is 12.1. The standard InChI is InChI=1S/C14H19N5O4S2/c1-7(4-10(20)23-22-3)6-24-14-9(5-16-14)18-13(21)11(15)12-17-8(2)25-19-12/h4,9,14-16H,5-6H2,1-3H3,(H,18,21)/b7-4-,15-11?. The first kappa shape index (κ1) is 19.5. The highest BCUT2D eigenvalue weighted by Gasteiger charge is 2.33. The summed E-state index contributed by atoms with van der Waals surface area (Å²) < 4.78 is 3.97. The summed E-state index contributed by atoms with van der Waals surface area (Å²) >= 11 is 2.71. The fourth-order valence-electron chi connectivity index (χ4n) is 1.95. The Bertz CT molecular complexity index is 691. The highest BCUT2D eigenvalue weighted by atomic mass is 32.2. The van der Waals surface area contributed by atoms with Crippen LogP contribution < -0.4 is 10.6 Å². The summed E-state index contributed by atoms with van der Waals surface area (Å²) in [5.41, 5.74) is 0.583. The molecular formula is C14H19N5O4S2. The first-order chi connectivity index (χ1) is 11.9. The average molecular weight is 385 g/mol. The summed E-state index contributed by atoms with van der Waals surface area (Å²) in [5.74, 6) is -0.322. The largest absolute Gasteiger partial charge is 0.365 e. The molecule has 1 fully saturated rings. The van der Waals surface area contributed by atoms with Crippen LogP contribution in [-0.4, -0.2) is 57.8 Å². The quantitative estimate of drug-likeness (QED) is 0.254. The topological polar surface area (TPSA) is 126 Å². The summed E-state index contributed by atoms with van der Waals surface area (Å²) in [6.45, 7) is 4.20. The van der Waals surface area contributed by atoms with Crippen molar-refractivity contribution < 1.29 is 19.4 Å². The number of carbonyl (C=O) groups is 2. The molecule has 2 unspecified atom stereocenters. The van der Waals surface area contributed by atoms with E-state index in [0.29, 0.717) is 17.3 Å². The number of nitrogens with one attached hydrogen (secondary N) is 3. The van der Waals surface area contributed by atoms with Crippen molar-refractivity contribution in [3.63, 3.8) is 0 Å². The van der Waals surface area contributed by atoms with Gasteiger partial charge in [0.15, 0.2) is 11.5 Å². The van der Waals surface area contributed by atoms with Crippen LogP contribution in [0.2, 0.25) is 0 Å². The molecular weight excluding hydrogens is 366 g/mol. The zero-order chi connectivity index (χ0) is 18.4. The molecule has 2 atom stereocenters. The maximum Gasteiger partial charge on any atom is 0.365 e. The van der Waals surface area contributed by atoms with Crippen molar-refractivity contribution in [3.8, 4) is 0 Å². The third kappa shape index (κ3) is 5.59. The third-order valence-corrected chi connectivity index (χ3v) is 5.32. The van der Waals surface area contributed by atoms with Crippen LogP contribution in [0.5, 0.6) is 0 Å². The molecule has 136 valence electrons. The zero-order valence-electron chi connectivity index (χ0n) is 14.0. The molecule has 3 N–H and O–H groups in total. The molecule has 0 spiro atoms. The summed E-state index contributed by atoms with van der Waals surface area (Å²) in [6, 6.07) is -0.101. The van der Waals surface area contributed by atoms with Gasteiger partial charge in [-0.1, -0.05) is 5.57 Å². The number of amides is 1. The van der Waals surface area contributed by atoms with Gasteiger partial charge in [0.1, 0.15) is 5.01 Å². The van der Waals surface area contributed by atoms with Crippen LogP contribution in [0.4, 0.5) is 0 Å². The van der Waals surface area contributed by atoms with Crippen LogP contribution in [-0.2, 0) is 19.4 Å². The van der Waals surface area contributed by atoms with Gasteiger partial charge >= 0.3 is 5.97 Å². The van der Waals surface area contributed by atoms with Crippen molar-refractivity contribution in [3.05, 3.63) is 22.5 Å². The average Bonchev–Trinajstić information content (AvgIpc) is 2.97. The third-order valence-electron chi connectivity index (χ3n) is 3.22. The lowest BCUT2D eigenvalue weighted by atomic mass is 10.1. The van der Waals surface area contributed by atoms with E-state index in [2.05, 4.69) is 29.8 Å². The second-order valence-electron chi connectivity index (χ2n) is 5.29. The Morgan fingerprint density at radius 2 is 2.32 bits per heavy atom. The van der Waals surface area contributed by atoms with Gasteiger partial charge in [-0.05, 0) is 25.4 Å². The van der Waals surface area contributed by atoms with Gasteiger partial charge in [0, 0.05) is 18.4 Å². The minimum absolute atomic E-state index is 0.00340. The molecule has 2 heterocycles. The first-order valence-corrected chi connectivity index (χ1v) is 9.19. The Balaban J connectivity index is 1.79. The van der Waals surface area contributed by atoms with Crippen molar-refractivity contribution in [1.82, 2.24) is 20.0 Å². The summed E-state index contributed by atoms with van der Waals surface area (Å²) in [5, 5.41) is 14.6. The van der Waals surface area contributed by atoms with Gasteiger partial charge in [0.05, 0.1) is 18.5 Å². The van der Waals surface area contributed by atoms with Crippen LogP contribution in [0, 0.1) is 12.3 Å². The Morgan fingerprint density at radius 3 is 2.88 bits per heavy atom. The van der Waals surface area contributed by atoms with E-state index < -0.39 is 11.9 Å². The van der Waals surface area contributed by atoms with E-state index in [1.165, 1.54) is 13.2 Å². The molecule has 1 saturated heterocycles. The number of aryl methyl sites for hydroxylation is 1. The van der Waals surface area contributed by atoms with Crippen LogP contribution in [0.25, 0.3) is 0 Å². The molecule has 1 aliphatic heterocycles. The van der Waals surface area contributed by atoms with E-state index >= 15 is 0 Å². The Morgan fingerprint density at radius 1 is 1.56 bits per heavy atom. The number of carbonyl (C=O) groups excluding carboxylic acids is 2. The number of hydrogen-bond acceptors (Lipinski definition) is 10. The highest BCUT2D eigenvalue weighted by Crippen LogP contribution is 2.21. The Hall–Kier alpha value is -1.82. The fourth-order valence-corrected chi connectivity index (χ4v) is 3.56. The van der Waals surface area contributed by atoms with E-state index in [9.17, 15) is 9.59 Å². The predicted octanol–water partition coefficient (Wildman–Crippen LogP) is 0.413. The minimum Gasteiger partial charge on any atom is -0.344 e. The van der Waals surface area contributed by atoms with Crippen molar-refractivity contribution in [1.29, 1.82) is 5.41 Å². The van der Waals surface area contributed by atoms with Gasteiger partial charge in [-0.3, -0.25) is 15.1 Å². The highest BCUT2D eigenvalue weighted by molar-refractivity contribution is 8.00. The molecule has 0 saturated carbocycles. The number of thioether (sulfide) groups is 1. The van der Waals surface area contributed by atoms with E-state index in [1.54, 1.807) is 18.7 Å². The summed E-state index contributed by atoms with van der Waals surface area (Å²) in [7, 11) is 1.27. The SMILES string of the molecule is COOC(=O)/C=C(/C)CSC1NCC1NC(=O)C(=N)c1nsc(C)n1. The molecule has 1 amide bonds. The number of hydrogen-bond donors (Lipinski definition) is 3. The zero-order valence-corrected chi connectivity index (χ0v) is 15.6. The lowest BCUT2D eigenvalue weighted by molar-refractivity contribution is -0.249. The lowest BCUT2D eigenvalue weighted by Crippen LogP contribution is -2.64. The minimum atomic E-state index is -0.563. The van der Waals surface area contributed by atoms with Crippen LogP contribution in [0.3, 0.4) is 0 Å². The van der Waals surface area contributed by atoms with Crippen LogP contribution in [0.1, 0.15) is 17.8 Å². The number of aromatic nitrogens is 2. The lowest BCUT2D eigenvalue weighted by Gasteiger charge is -2.38. The number of nitrogens with zero attached hydrogens (tertiary/aromatic N) is 2. The predicted molar refractivity (Wildman–Crippen MR) is 94.5 cm³/mol. The van der Waals surface area contributed by atoms with Gasteiger partial charge in [-0.2, -0.15) is 9.26 Å². The summed E-state index contributed by atoms with van der Waals surface area (Å²) in [4.78, 5) is 36.1. The number of rotatable bonds is 8. The molecule has 0 bridgehead atoms. The van der Waals surface area contributed by atoms with Crippen molar-refractivity contribution in [2.45, 2.75) is 25.3 Å². The molecule has 25 heavy (non-hydrogen) atoms. The van der Waals surface area contributed by atoms with Gasteiger partial charge in [-0.15, -0.1) is 11.8 Å². The van der Waals surface area contributed by atoms with Crippen LogP contribution >= 0.6 is 23.3 Å². The molecule has 11 heteroatoms. The van der Waals surface area contributed by atoms with E-state index in [0.717, 1.165) is 17.1 Å². The van der Waals surface area contributed by atoms with E-state index in [4.69, 9.17) is 5.41 Å². The molecule has 0 aliphatic carbocycles. The van der Waals surface area contributed by atoms with E-state index in [1.807, 2.05) is 6.92 Å². The van der Waals surface area contributed by atoms with Crippen LogP contribution in [0.15, 0.2) is 11.6 Å². The second-order valence-corrected chi connectivity index (χ2v) is 7.38. The summed E-state index contributed by atoms with van der Waals surface area (Å²) in [6.07, 6.45) is 1.36.